The molecule has 1 amide bonds. The van der Waals surface area contributed by atoms with Crippen LogP contribution in [-0.2, 0) is 17.9 Å². The third-order valence-electron chi connectivity index (χ3n) is 4.64. The molecule has 0 aromatic heterocycles. The topological polar surface area (TPSA) is 32.3 Å². The van der Waals surface area contributed by atoms with Crippen molar-refractivity contribution in [3.8, 4) is 0 Å². The van der Waals surface area contributed by atoms with Crippen LogP contribution >= 0.6 is 23.2 Å². The lowest BCUT2D eigenvalue weighted by molar-refractivity contribution is -0.126. The van der Waals surface area contributed by atoms with Gasteiger partial charge in [0.1, 0.15) is 0 Å². The second-order valence-corrected chi connectivity index (χ2v) is 7.29. The molecule has 1 fully saturated rings. The predicted octanol–water partition coefficient (Wildman–Crippen LogP) is 4.52. The largest absolute Gasteiger partial charge is 0.352 e. The van der Waals surface area contributed by atoms with Gasteiger partial charge in [-0.05, 0) is 42.6 Å². The molecule has 2 aromatic carbocycles. The molecule has 1 heterocycles. The maximum atomic E-state index is 12.5. The molecular weight excluding hydrogens is 355 g/mol. The summed E-state index contributed by atoms with van der Waals surface area (Å²) in [5.41, 5.74) is 2.06. The van der Waals surface area contributed by atoms with Gasteiger partial charge in [0.2, 0.25) is 5.91 Å². The van der Waals surface area contributed by atoms with E-state index in [1.165, 1.54) is 0 Å². The van der Waals surface area contributed by atoms with E-state index >= 15 is 0 Å². The summed E-state index contributed by atoms with van der Waals surface area (Å²) in [4.78, 5) is 14.9. The van der Waals surface area contributed by atoms with Gasteiger partial charge in [0.15, 0.2) is 0 Å². The predicted molar refractivity (Wildman–Crippen MR) is 103 cm³/mol. The molecular formula is C20H22Cl2N2O. The van der Waals surface area contributed by atoms with Crippen molar-refractivity contribution in [3.63, 3.8) is 0 Å². The van der Waals surface area contributed by atoms with Crippen molar-refractivity contribution in [1.82, 2.24) is 10.2 Å². The smallest absolute Gasteiger partial charge is 0.224 e. The molecule has 0 bridgehead atoms. The fraction of sp³-hybridized carbons (Fsp3) is 0.350. The van der Waals surface area contributed by atoms with Crippen LogP contribution in [0.15, 0.2) is 48.5 Å². The van der Waals surface area contributed by atoms with Crippen LogP contribution in [0.2, 0.25) is 10.0 Å². The fourth-order valence-corrected chi connectivity index (χ4v) is 3.65. The zero-order valence-electron chi connectivity index (χ0n) is 14.1. The number of piperidine rings is 1. The minimum absolute atomic E-state index is 0.0127. The molecule has 3 rings (SSSR count). The molecule has 1 atom stereocenters. The first-order chi connectivity index (χ1) is 12.1. The normalized spacial score (nSPS) is 18.1. The third kappa shape index (κ3) is 4.97. The van der Waals surface area contributed by atoms with E-state index in [0.29, 0.717) is 11.6 Å². The first-order valence-corrected chi connectivity index (χ1v) is 9.36. The molecule has 0 radical (unpaired) electrons. The van der Waals surface area contributed by atoms with Crippen LogP contribution in [0.1, 0.15) is 24.0 Å². The molecule has 1 aliphatic heterocycles. The van der Waals surface area contributed by atoms with Crippen LogP contribution in [0.5, 0.6) is 0 Å². The summed E-state index contributed by atoms with van der Waals surface area (Å²) in [7, 11) is 0. The Balaban J connectivity index is 1.55. The standard InChI is InChI=1S/C20H22Cl2N2O/c21-18-9-3-1-6-15(18)12-23-20(25)17-8-5-11-24(14-17)13-16-7-2-4-10-19(16)22/h1-4,6-7,9-10,17H,5,8,11-14H2,(H,23,25). The van der Waals surface area contributed by atoms with Gasteiger partial charge in [0.25, 0.3) is 0 Å². The van der Waals surface area contributed by atoms with Crippen molar-refractivity contribution in [1.29, 1.82) is 0 Å². The molecule has 0 spiro atoms. The van der Waals surface area contributed by atoms with E-state index in [4.69, 9.17) is 23.2 Å². The highest BCUT2D eigenvalue weighted by Gasteiger charge is 2.26. The second kappa shape index (κ2) is 8.70. The van der Waals surface area contributed by atoms with Crippen LogP contribution in [0, 0.1) is 5.92 Å². The van der Waals surface area contributed by atoms with Crippen LogP contribution in [-0.4, -0.2) is 23.9 Å². The zero-order valence-corrected chi connectivity index (χ0v) is 15.6. The Morgan fingerprint density at radius 1 is 1.04 bits per heavy atom. The summed E-state index contributed by atoms with van der Waals surface area (Å²) in [5, 5.41) is 4.50. The second-order valence-electron chi connectivity index (χ2n) is 6.47. The number of carbonyl (C=O) groups is 1. The molecule has 3 nitrogen and oxygen atoms in total. The maximum absolute atomic E-state index is 12.5. The highest BCUT2D eigenvalue weighted by molar-refractivity contribution is 6.31. The molecule has 132 valence electrons. The number of carbonyl (C=O) groups excluding carboxylic acids is 1. The van der Waals surface area contributed by atoms with Gasteiger partial charge >= 0.3 is 0 Å². The first-order valence-electron chi connectivity index (χ1n) is 8.60. The van der Waals surface area contributed by atoms with Gasteiger partial charge in [-0.1, -0.05) is 59.6 Å². The van der Waals surface area contributed by atoms with Crippen molar-refractivity contribution in [2.24, 2.45) is 5.92 Å². The van der Waals surface area contributed by atoms with Gasteiger partial charge in [-0.3, -0.25) is 9.69 Å². The molecule has 5 heteroatoms. The highest BCUT2D eigenvalue weighted by atomic mass is 35.5. The van der Waals surface area contributed by atoms with E-state index in [-0.39, 0.29) is 11.8 Å². The highest BCUT2D eigenvalue weighted by Crippen LogP contribution is 2.22. The fourth-order valence-electron chi connectivity index (χ4n) is 3.25. The Bertz CT molecular complexity index is 735. The number of halogens is 2. The Hall–Kier alpha value is -1.55. The number of hydrogen-bond acceptors (Lipinski definition) is 2. The van der Waals surface area contributed by atoms with E-state index in [1.54, 1.807) is 0 Å². The minimum Gasteiger partial charge on any atom is -0.352 e. The van der Waals surface area contributed by atoms with Crippen molar-refractivity contribution in [2.45, 2.75) is 25.9 Å². The third-order valence-corrected chi connectivity index (χ3v) is 5.38. The summed E-state index contributed by atoms with van der Waals surface area (Å²) in [5.74, 6) is 0.113. The van der Waals surface area contributed by atoms with Crippen LogP contribution in [0.25, 0.3) is 0 Å². The summed E-state index contributed by atoms with van der Waals surface area (Å²) < 4.78 is 0. The number of likely N-dealkylation sites (tertiary alicyclic amines) is 1. The number of benzene rings is 2. The summed E-state index contributed by atoms with van der Waals surface area (Å²) >= 11 is 12.4. The van der Waals surface area contributed by atoms with Crippen LogP contribution in [0.4, 0.5) is 0 Å². The van der Waals surface area contributed by atoms with Crippen molar-refractivity contribution >= 4 is 29.1 Å². The number of hydrogen-bond donors (Lipinski definition) is 1. The SMILES string of the molecule is O=C(NCc1ccccc1Cl)C1CCCN(Cc2ccccc2Cl)C1. The molecule has 1 saturated heterocycles. The molecule has 0 saturated carbocycles. The Morgan fingerprint density at radius 2 is 1.68 bits per heavy atom. The molecule has 1 unspecified atom stereocenters. The van der Waals surface area contributed by atoms with Gasteiger partial charge in [0.05, 0.1) is 5.92 Å². The minimum atomic E-state index is 0.0127. The molecule has 0 aliphatic carbocycles. The van der Waals surface area contributed by atoms with E-state index < -0.39 is 0 Å². The molecule has 1 aliphatic rings. The summed E-state index contributed by atoms with van der Waals surface area (Å²) in [6.07, 6.45) is 1.95. The van der Waals surface area contributed by atoms with Gasteiger partial charge in [-0.15, -0.1) is 0 Å². The first kappa shape index (κ1) is 18.2. The number of nitrogens with zero attached hydrogens (tertiary/aromatic N) is 1. The summed E-state index contributed by atoms with van der Waals surface area (Å²) in [6.45, 7) is 3.02. The van der Waals surface area contributed by atoms with Gasteiger partial charge in [-0.2, -0.15) is 0 Å². The molecule has 1 N–H and O–H groups in total. The lowest BCUT2D eigenvalue weighted by atomic mass is 9.96. The van der Waals surface area contributed by atoms with Crippen LogP contribution in [0.3, 0.4) is 0 Å². The number of nitrogens with one attached hydrogen (secondary N) is 1. The number of amides is 1. The van der Waals surface area contributed by atoms with E-state index in [0.717, 1.165) is 48.6 Å². The zero-order chi connectivity index (χ0) is 17.6. The van der Waals surface area contributed by atoms with Gasteiger partial charge in [0, 0.05) is 29.7 Å². The van der Waals surface area contributed by atoms with Crippen molar-refractivity contribution in [3.05, 3.63) is 69.7 Å². The average Bonchev–Trinajstić information content (AvgIpc) is 2.63. The maximum Gasteiger partial charge on any atom is 0.224 e. The monoisotopic (exact) mass is 376 g/mol. The summed E-state index contributed by atoms with van der Waals surface area (Å²) in [6, 6.07) is 15.5. The van der Waals surface area contributed by atoms with Crippen molar-refractivity contribution in [2.75, 3.05) is 13.1 Å². The van der Waals surface area contributed by atoms with Gasteiger partial charge < -0.3 is 5.32 Å². The van der Waals surface area contributed by atoms with Crippen LogP contribution < -0.4 is 5.32 Å². The van der Waals surface area contributed by atoms with Gasteiger partial charge in [-0.25, -0.2) is 0 Å². The van der Waals surface area contributed by atoms with Crippen molar-refractivity contribution < 1.29 is 4.79 Å². The molecule has 2 aromatic rings. The molecule has 25 heavy (non-hydrogen) atoms. The Labute approximate surface area is 158 Å². The number of rotatable bonds is 5. The lowest BCUT2D eigenvalue weighted by Gasteiger charge is -2.32. The van der Waals surface area contributed by atoms with E-state index in [9.17, 15) is 4.79 Å². The van der Waals surface area contributed by atoms with E-state index in [2.05, 4.69) is 10.2 Å². The Kier molecular flexibility index (Phi) is 6.35. The quantitative estimate of drug-likeness (QED) is 0.831. The Morgan fingerprint density at radius 3 is 2.36 bits per heavy atom. The van der Waals surface area contributed by atoms with E-state index in [1.807, 2.05) is 48.5 Å². The lowest BCUT2D eigenvalue weighted by Crippen LogP contribution is -2.42. The average molecular weight is 377 g/mol.